The molecule has 7 heteroatoms. The van der Waals surface area contributed by atoms with E-state index in [1.54, 1.807) is 12.1 Å². The SMILES string of the molecule is Cc1ccc(-c2nnc(NC(=O)c3ccc4c(c3)CCC(=O)N4)s2)c(C)c1. The van der Waals surface area contributed by atoms with Crippen LogP contribution in [0.2, 0.25) is 0 Å². The molecule has 3 aromatic rings. The molecule has 0 spiro atoms. The highest BCUT2D eigenvalue weighted by molar-refractivity contribution is 7.18. The second-order valence-corrected chi connectivity index (χ2v) is 7.58. The Balaban J connectivity index is 1.52. The Labute approximate surface area is 160 Å². The number of hydrogen-bond acceptors (Lipinski definition) is 5. The number of anilines is 2. The molecule has 2 heterocycles. The molecule has 2 aromatic carbocycles. The molecule has 6 nitrogen and oxygen atoms in total. The van der Waals surface area contributed by atoms with Gasteiger partial charge < -0.3 is 5.32 Å². The zero-order valence-corrected chi connectivity index (χ0v) is 15.8. The summed E-state index contributed by atoms with van der Waals surface area (Å²) in [5.41, 5.74) is 5.61. The van der Waals surface area contributed by atoms with Gasteiger partial charge in [0.15, 0.2) is 0 Å². The minimum Gasteiger partial charge on any atom is -0.326 e. The summed E-state index contributed by atoms with van der Waals surface area (Å²) in [5, 5.41) is 15.2. The first kappa shape index (κ1) is 17.4. The highest BCUT2D eigenvalue weighted by Gasteiger charge is 2.18. The fourth-order valence-corrected chi connectivity index (χ4v) is 3.96. The van der Waals surface area contributed by atoms with Gasteiger partial charge in [-0.3, -0.25) is 14.9 Å². The van der Waals surface area contributed by atoms with Gasteiger partial charge in [-0.05, 0) is 49.6 Å². The third-order valence-corrected chi connectivity index (χ3v) is 5.39. The van der Waals surface area contributed by atoms with Gasteiger partial charge in [-0.15, -0.1) is 10.2 Å². The van der Waals surface area contributed by atoms with Crippen LogP contribution in [0, 0.1) is 13.8 Å². The molecule has 136 valence electrons. The molecule has 0 aliphatic carbocycles. The maximum absolute atomic E-state index is 12.6. The number of amides is 2. The van der Waals surface area contributed by atoms with E-state index in [0.717, 1.165) is 27.4 Å². The lowest BCUT2D eigenvalue weighted by molar-refractivity contribution is -0.116. The number of benzene rings is 2. The van der Waals surface area contributed by atoms with Crippen molar-refractivity contribution in [1.82, 2.24) is 10.2 Å². The number of aryl methyl sites for hydroxylation is 3. The van der Waals surface area contributed by atoms with Crippen LogP contribution in [0.1, 0.15) is 33.5 Å². The average molecular weight is 378 g/mol. The van der Waals surface area contributed by atoms with E-state index in [-0.39, 0.29) is 11.8 Å². The van der Waals surface area contributed by atoms with Crippen LogP contribution in [0.3, 0.4) is 0 Å². The van der Waals surface area contributed by atoms with Gasteiger partial charge in [-0.25, -0.2) is 0 Å². The molecule has 0 fully saturated rings. The third-order valence-electron chi connectivity index (χ3n) is 4.52. The quantitative estimate of drug-likeness (QED) is 0.723. The minimum atomic E-state index is -0.238. The number of hydrogen-bond donors (Lipinski definition) is 2. The van der Waals surface area contributed by atoms with Crippen molar-refractivity contribution < 1.29 is 9.59 Å². The van der Waals surface area contributed by atoms with E-state index < -0.39 is 0 Å². The Kier molecular flexibility index (Phi) is 4.45. The topological polar surface area (TPSA) is 84.0 Å². The Hall–Kier alpha value is -3.06. The lowest BCUT2D eigenvalue weighted by Gasteiger charge is -2.17. The smallest absolute Gasteiger partial charge is 0.257 e. The molecule has 0 unspecified atom stereocenters. The first-order valence-electron chi connectivity index (χ1n) is 8.65. The van der Waals surface area contributed by atoms with Gasteiger partial charge in [0.05, 0.1) is 0 Å². The Morgan fingerprint density at radius 1 is 1.11 bits per heavy atom. The average Bonchev–Trinajstić information content (AvgIpc) is 3.09. The molecule has 2 amide bonds. The molecule has 0 bridgehead atoms. The fourth-order valence-electron chi connectivity index (χ4n) is 3.13. The van der Waals surface area contributed by atoms with Crippen LogP contribution in [0.15, 0.2) is 36.4 Å². The summed E-state index contributed by atoms with van der Waals surface area (Å²) in [6, 6.07) is 11.4. The molecule has 2 N–H and O–H groups in total. The summed E-state index contributed by atoms with van der Waals surface area (Å²) in [4.78, 5) is 24.0. The molecule has 0 saturated carbocycles. The first-order valence-corrected chi connectivity index (χ1v) is 9.46. The van der Waals surface area contributed by atoms with E-state index in [0.29, 0.717) is 23.5 Å². The highest BCUT2D eigenvalue weighted by atomic mass is 32.1. The summed E-state index contributed by atoms with van der Waals surface area (Å²) >= 11 is 1.35. The van der Waals surface area contributed by atoms with Crippen molar-refractivity contribution in [2.24, 2.45) is 0 Å². The fraction of sp³-hybridized carbons (Fsp3) is 0.200. The van der Waals surface area contributed by atoms with Crippen LogP contribution in [-0.4, -0.2) is 22.0 Å². The van der Waals surface area contributed by atoms with Crippen molar-refractivity contribution in [2.75, 3.05) is 10.6 Å². The van der Waals surface area contributed by atoms with Crippen molar-refractivity contribution in [2.45, 2.75) is 26.7 Å². The normalized spacial score (nSPS) is 13.0. The molecule has 27 heavy (non-hydrogen) atoms. The molecule has 0 radical (unpaired) electrons. The number of fused-ring (bicyclic) bond motifs is 1. The van der Waals surface area contributed by atoms with E-state index >= 15 is 0 Å². The van der Waals surface area contributed by atoms with Gasteiger partial charge in [0, 0.05) is 23.2 Å². The monoisotopic (exact) mass is 378 g/mol. The number of carbonyl (C=O) groups is 2. The van der Waals surface area contributed by atoms with Crippen LogP contribution in [0.4, 0.5) is 10.8 Å². The molecule has 1 aliphatic rings. The number of rotatable bonds is 3. The lowest BCUT2D eigenvalue weighted by Crippen LogP contribution is -2.20. The number of nitrogens with one attached hydrogen (secondary N) is 2. The molecule has 0 saturated heterocycles. The number of aromatic nitrogens is 2. The van der Waals surface area contributed by atoms with Gasteiger partial charge in [0.25, 0.3) is 5.91 Å². The Morgan fingerprint density at radius 3 is 2.78 bits per heavy atom. The van der Waals surface area contributed by atoms with Crippen molar-refractivity contribution in [3.63, 3.8) is 0 Å². The van der Waals surface area contributed by atoms with Gasteiger partial charge in [-0.1, -0.05) is 35.1 Å². The third kappa shape index (κ3) is 3.59. The summed E-state index contributed by atoms with van der Waals surface area (Å²) in [6.45, 7) is 4.08. The second-order valence-electron chi connectivity index (χ2n) is 6.60. The van der Waals surface area contributed by atoms with Crippen LogP contribution in [0.25, 0.3) is 10.6 Å². The Morgan fingerprint density at radius 2 is 1.96 bits per heavy atom. The maximum atomic E-state index is 12.6. The van der Waals surface area contributed by atoms with E-state index in [4.69, 9.17) is 0 Å². The van der Waals surface area contributed by atoms with Crippen LogP contribution >= 0.6 is 11.3 Å². The lowest BCUT2D eigenvalue weighted by atomic mass is 10.0. The van der Waals surface area contributed by atoms with E-state index in [1.807, 2.05) is 32.0 Å². The molecular weight excluding hydrogens is 360 g/mol. The largest absolute Gasteiger partial charge is 0.326 e. The highest BCUT2D eigenvalue weighted by Crippen LogP contribution is 2.30. The molecular formula is C20H18N4O2S. The van der Waals surface area contributed by atoms with Crippen molar-refractivity contribution in [1.29, 1.82) is 0 Å². The van der Waals surface area contributed by atoms with Crippen LogP contribution in [0.5, 0.6) is 0 Å². The van der Waals surface area contributed by atoms with Gasteiger partial charge in [0.2, 0.25) is 11.0 Å². The van der Waals surface area contributed by atoms with Crippen molar-refractivity contribution >= 4 is 34.0 Å². The molecule has 0 atom stereocenters. The van der Waals surface area contributed by atoms with Crippen LogP contribution in [-0.2, 0) is 11.2 Å². The minimum absolute atomic E-state index is 0.00694. The number of carbonyl (C=O) groups excluding carboxylic acids is 2. The summed E-state index contributed by atoms with van der Waals surface area (Å²) in [7, 11) is 0. The van der Waals surface area contributed by atoms with E-state index in [1.165, 1.54) is 16.9 Å². The molecule has 1 aromatic heterocycles. The molecule has 4 rings (SSSR count). The zero-order valence-electron chi connectivity index (χ0n) is 15.0. The van der Waals surface area contributed by atoms with Gasteiger partial charge >= 0.3 is 0 Å². The van der Waals surface area contributed by atoms with E-state index in [2.05, 4.69) is 26.9 Å². The second kappa shape index (κ2) is 6.92. The standard InChI is InChI=1S/C20H18N4O2S/c1-11-3-6-15(12(2)9-11)19-23-24-20(27-19)22-18(26)14-4-7-16-13(10-14)5-8-17(25)21-16/h3-4,6-7,9-10H,5,8H2,1-2H3,(H,21,25)(H,22,24,26). The van der Waals surface area contributed by atoms with E-state index in [9.17, 15) is 9.59 Å². The molecule has 1 aliphatic heterocycles. The maximum Gasteiger partial charge on any atom is 0.257 e. The predicted molar refractivity (Wildman–Crippen MR) is 106 cm³/mol. The zero-order chi connectivity index (χ0) is 19.0. The summed E-state index contributed by atoms with van der Waals surface area (Å²) in [6.07, 6.45) is 1.08. The summed E-state index contributed by atoms with van der Waals surface area (Å²) in [5.74, 6) is -0.231. The number of nitrogens with zero attached hydrogens (tertiary/aromatic N) is 2. The summed E-state index contributed by atoms with van der Waals surface area (Å²) < 4.78 is 0. The first-order chi connectivity index (χ1) is 13.0. The van der Waals surface area contributed by atoms with Crippen molar-refractivity contribution in [3.8, 4) is 10.6 Å². The van der Waals surface area contributed by atoms with Crippen LogP contribution < -0.4 is 10.6 Å². The van der Waals surface area contributed by atoms with Crippen molar-refractivity contribution in [3.05, 3.63) is 58.7 Å². The van der Waals surface area contributed by atoms with Gasteiger partial charge in [0.1, 0.15) is 5.01 Å². The Bertz CT molecular complexity index is 1060. The van der Waals surface area contributed by atoms with Gasteiger partial charge in [-0.2, -0.15) is 0 Å². The predicted octanol–water partition coefficient (Wildman–Crippen LogP) is 3.96.